The number of rotatable bonds is 2. The SMILES string of the molecule is O=C(Nc1ccc(C2CC2)nn1)N1C[C@@H]2C3C=CC(C3)[C@@H]2C1. The molecule has 2 amide bonds. The van der Waals surface area contributed by atoms with Gasteiger partial charge in [-0.05, 0) is 55.1 Å². The van der Waals surface area contributed by atoms with Crippen LogP contribution in [0.25, 0.3) is 0 Å². The number of amides is 2. The Balaban J connectivity index is 1.24. The van der Waals surface area contributed by atoms with Gasteiger partial charge in [0.1, 0.15) is 0 Å². The predicted octanol–water partition coefficient (Wildman–Crippen LogP) is 2.64. The van der Waals surface area contributed by atoms with Gasteiger partial charge < -0.3 is 4.90 Å². The molecule has 1 N–H and O–H groups in total. The van der Waals surface area contributed by atoms with Crippen molar-refractivity contribution in [3.8, 4) is 0 Å². The van der Waals surface area contributed by atoms with E-state index in [9.17, 15) is 4.79 Å². The van der Waals surface area contributed by atoms with Crippen molar-refractivity contribution in [1.82, 2.24) is 15.1 Å². The number of nitrogens with zero attached hydrogens (tertiary/aromatic N) is 3. The molecule has 1 saturated heterocycles. The van der Waals surface area contributed by atoms with Gasteiger partial charge in [-0.1, -0.05) is 12.2 Å². The van der Waals surface area contributed by atoms with Crippen molar-refractivity contribution in [3.05, 3.63) is 30.0 Å². The molecule has 5 nitrogen and oxygen atoms in total. The zero-order valence-corrected chi connectivity index (χ0v) is 12.5. The smallest absolute Gasteiger partial charge is 0.323 e. The quantitative estimate of drug-likeness (QED) is 0.854. The standard InChI is InChI=1S/C17H20N4O/c22-17(18-16-6-5-15(19-20-16)10-1-2-10)21-8-13-11-3-4-12(7-11)14(13)9-21/h3-6,10-14H,1-2,7-9H2,(H,18,20,22)/t11?,12?,13-,14+. The van der Waals surface area contributed by atoms with E-state index >= 15 is 0 Å². The minimum Gasteiger partial charge on any atom is -0.324 e. The number of allylic oxidation sites excluding steroid dienone is 2. The Hall–Kier alpha value is -1.91. The Morgan fingerprint density at radius 3 is 2.41 bits per heavy atom. The second kappa shape index (κ2) is 4.54. The topological polar surface area (TPSA) is 58.1 Å². The minimum absolute atomic E-state index is 0.0257. The lowest BCUT2D eigenvalue weighted by atomic mass is 9.86. The van der Waals surface area contributed by atoms with Crippen molar-refractivity contribution in [2.45, 2.75) is 25.2 Å². The number of carbonyl (C=O) groups excluding carboxylic acids is 1. The number of carbonyl (C=O) groups is 1. The van der Waals surface area contributed by atoms with Crippen molar-refractivity contribution in [3.63, 3.8) is 0 Å². The summed E-state index contributed by atoms with van der Waals surface area (Å²) in [6.45, 7) is 1.77. The number of likely N-dealkylation sites (tertiary alicyclic amines) is 1. The Bertz CT molecular complexity index is 617. The van der Waals surface area contributed by atoms with Crippen LogP contribution in [0, 0.1) is 23.7 Å². The van der Waals surface area contributed by atoms with Gasteiger partial charge >= 0.3 is 6.03 Å². The normalized spacial score (nSPS) is 35.0. The van der Waals surface area contributed by atoms with Crippen LogP contribution in [0.4, 0.5) is 10.6 Å². The third kappa shape index (κ3) is 1.95. The van der Waals surface area contributed by atoms with Crippen molar-refractivity contribution in [2.24, 2.45) is 23.7 Å². The molecule has 0 aromatic carbocycles. The van der Waals surface area contributed by atoms with Gasteiger partial charge in [-0.15, -0.1) is 5.10 Å². The van der Waals surface area contributed by atoms with E-state index in [2.05, 4.69) is 27.7 Å². The molecule has 5 heteroatoms. The zero-order chi connectivity index (χ0) is 14.7. The highest BCUT2D eigenvalue weighted by Gasteiger charge is 2.50. The van der Waals surface area contributed by atoms with E-state index in [1.807, 2.05) is 17.0 Å². The van der Waals surface area contributed by atoms with Crippen LogP contribution >= 0.6 is 0 Å². The van der Waals surface area contributed by atoms with Crippen LogP contribution in [0.2, 0.25) is 0 Å². The van der Waals surface area contributed by atoms with E-state index < -0.39 is 0 Å². The second-order valence-corrected chi connectivity index (χ2v) is 7.23. The monoisotopic (exact) mass is 296 g/mol. The number of hydrogen-bond donors (Lipinski definition) is 1. The van der Waals surface area contributed by atoms with Crippen molar-refractivity contribution >= 4 is 11.8 Å². The largest absolute Gasteiger partial charge is 0.324 e. The van der Waals surface area contributed by atoms with Crippen LogP contribution in [0.1, 0.15) is 30.9 Å². The lowest BCUT2D eigenvalue weighted by Crippen LogP contribution is -2.34. The number of hydrogen-bond acceptors (Lipinski definition) is 3. The van der Waals surface area contributed by atoms with Crippen LogP contribution in [0.5, 0.6) is 0 Å². The summed E-state index contributed by atoms with van der Waals surface area (Å²) < 4.78 is 0. The first-order chi connectivity index (χ1) is 10.8. The number of urea groups is 1. The van der Waals surface area contributed by atoms with Gasteiger partial charge in [0, 0.05) is 19.0 Å². The second-order valence-electron chi connectivity index (χ2n) is 7.23. The molecule has 2 saturated carbocycles. The third-order valence-corrected chi connectivity index (χ3v) is 5.87. The van der Waals surface area contributed by atoms with Gasteiger partial charge in [-0.2, -0.15) is 5.10 Å². The summed E-state index contributed by atoms with van der Waals surface area (Å²) in [4.78, 5) is 14.4. The molecule has 0 spiro atoms. The number of nitrogens with one attached hydrogen (secondary N) is 1. The Kier molecular flexibility index (Phi) is 2.60. The molecule has 2 heterocycles. The zero-order valence-electron chi connectivity index (χ0n) is 12.5. The maximum Gasteiger partial charge on any atom is 0.323 e. The highest BCUT2D eigenvalue weighted by molar-refractivity contribution is 5.88. The first kappa shape index (κ1) is 12.6. The fourth-order valence-electron chi connectivity index (χ4n) is 4.51. The Labute approximate surface area is 129 Å². The molecule has 1 aliphatic heterocycles. The highest BCUT2D eigenvalue weighted by atomic mass is 16.2. The van der Waals surface area contributed by atoms with Gasteiger partial charge in [-0.25, -0.2) is 4.79 Å². The summed E-state index contributed by atoms with van der Waals surface area (Å²) in [5.74, 6) is 3.90. The third-order valence-electron chi connectivity index (χ3n) is 5.87. The van der Waals surface area contributed by atoms with Crippen LogP contribution in [0.3, 0.4) is 0 Å². The maximum atomic E-state index is 12.4. The van der Waals surface area contributed by atoms with E-state index in [0.717, 1.165) is 18.8 Å². The summed E-state index contributed by atoms with van der Waals surface area (Å²) in [5.41, 5.74) is 1.05. The Morgan fingerprint density at radius 2 is 1.82 bits per heavy atom. The van der Waals surface area contributed by atoms with E-state index in [0.29, 0.717) is 35.4 Å². The molecule has 3 aliphatic carbocycles. The molecular formula is C17H20N4O. The molecule has 3 fully saturated rings. The number of fused-ring (bicyclic) bond motifs is 5. The molecule has 22 heavy (non-hydrogen) atoms. The fourth-order valence-corrected chi connectivity index (χ4v) is 4.51. The lowest BCUT2D eigenvalue weighted by molar-refractivity contribution is 0.217. The summed E-state index contributed by atoms with van der Waals surface area (Å²) in [6.07, 6.45) is 8.45. The summed E-state index contributed by atoms with van der Waals surface area (Å²) >= 11 is 0. The number of anilines is 1. The summed E-state index contributed by atoms with van der Waals surface area (Å²) in [5, 5.41) is 11.3. The van der Waals surface area contributed by atoms with Crippen molar-refractivity contribution in [1.29, 1.82) is 0 Å². The first-order valence-electron chi connectivity index (χ1n) is 8.36. The van der Waals surface area contributed by atoms with Crippen molar-refractivity contribution in [2.75, 3.05) is 18.4 Å². The molecule has 1 aromatic heterocycles. The lowest BCUT2D eigenvalue weighted by Gasteiger charge is -2.18. The van der Waals surface area contributed by atoms with Gasteiger partial charge in [0.15, 0.2) is 5.82 Å². The van der Waals surface area contributed by atoms with Gasteiger partial charge in [0.25, 0.3) is 0 Å². The average molecular weight is 296 g/mol. The molecule has 4 atom stereocenters. The highest BCUT2D eigenvalue weighted by Crippen LogP contribution is 2.51. The van der Waals surface area contributed by atoms with E-state index in [1.165, 1.54) is 19.3 Å². The molecule has 2 bridgehead atoms. The minimum atomic E-state index is -0.0257. The van der Waals surface area contributed by atoms with E-state index in [-0.39, 0.29) is 6.03 Å². The summed E-state index contributed by atoms with van der Waals surface area (Å²) in [6, 6.07) is 3.84. The molecular weight excluding hydrogens is 276 g/mol. The van der Waals surface area contributed by atoms with Crippen LogP contribution < -0.4 is 5.32 Å². The molecule has 4 aliphatic rings. The van der Waals surface area contributed by atoms with Gasteiger partial charge in [-0.3, -0.25) is 5.32 Å². The van der Waals surface area contributed by atoms with Gasteiger partial charge in [0.2, 0.25) is 0 Å². The average Bonchev–Trinajstić information content (AvgIpc) is 2.98. The first-order valence-corrected chi connectivity index (χ1v) is 8.36. The molecule has 2 unspecified atom stereocenters. The maximum absolute atomic E-state index is 12.4. The number of aromatic nitrogens is 2. The van der Waals surface area contributed by atoms with Crippen LogP contribution in [-0.2, 0) is 0 Å². The van der Waals surface area contributed by atoms with Gasteiger partial charge in [0.05, 0.1) is 5.69 Å². The molecule has 5 rings (SSSR count). The predicted molar refractivity (Wildman–Crippen MR) is 82.3 cm³/mol. The van der Waals surface area contributed by atoms with E-state index in [4.69, 9.17) is 0 Å². The van der Waals surface area contributed by atoms with Crippen molar-refractivity contribution < 1.29 is 4.79 Å². The summed E-state index contributed by atoms with van der Waals surface area (Å²) in [7, 11) is 0. The van der Waals surface area contributed by atoms with Crippen LogP contribution in [0.15, 0.2) is 24.3 Å². The van der Waals surface area contributed by atoms with Crippen LogP contribution in [-0.4, -0.2) is 34.2 Å². The molecule has 114 valence electrons. The fraction of sp³-hybridized carbons (Fsp3) is 0.588. The Morgan fingerprint density at radius 1 is 1.09 bits per heavy atom. The molecule has 1 aromatic rings. The van der Waals surface area contributed by atoms with E-state index in [1.54, 1.807) is 0 Å². The molecule has 0 radical (unpaired) electrons.